The molecule has 0 aliphatic heterocycles. The van der Waals surface area contributed by atoms with E-state index < -0.39 is 84.1 Å². The van der Waals surface area contributed by atoms with Crippen molar-refractivity contribution in [1.82, 2.24) is 4.57 Å². The van der Waals surface area contributed by atoms with Crippen LogP contribution < -0.4 is 4.90 Å². The fourth-order valence-corrected chi connectivity index (χ4v) is 8.38. The third kappa shape index (κ3) is 5.82. The van der Waals surface area contributed by atoms with Gasteiger partial charge in [-0.15, -0.1) is 0 Å². The molecule has 0 aliphatic rings. The molecule has 2 aromatic heterocycles. The molecule has 0 radical (unpaired) electrons. The molecule has 0 aliphatic carbocycles. The molecule has 3 nitrogen and oxygen atoms in total. The Morgan fingerprint density at radius 3 is 1.69 bits per heavy atom. The quantitative estimate of drug-likeness (QED) is 0.160. The average molecular weight is 792 g/mol. The highest BCUT2D eigenvalue weighted by Crippen LogP contribution is 2.42. The summed E-state index contributed by atoms with van der Waals surface area (Å²) in [6, 6.07) is 41.9. The Morgan fingerprint density at radius 1 is 0.361 bits per heavy atom. The van der Waals surface area contributed by atoms with Crippen LogP contribution in [0.25, 0.3) is 93.6 Å². The number of hydrogen-bond acceptors (Lipinski definition) is 2. The number of hydrogen-bond donors (Lipinski definition) is 0. The lowest BCUT2D eigenvalue weighted by atomic mass is 10.0. The van der Waals surface area contributed by atoms with Gasteiger partial charge in [-0.1, -0.05) is 170 Å². The first kappa shape index (κ1) is 24.1. The summed E-state index contributed by atoms with van der Waals surface area (Å²) < 4.78 is 127. The van der Waals surface area contributed by atoms with Crippen LogP contribution in [0.1, 0.15) is 17.8 Å². The monoisotopic (exact) mass is 791 g/mol. The smallest absolute Gasteiger partial charge is 0.143 e. The summed E-state index contributed by atoms with van der Waals surface area (Å²) in [6.07, 6.45) is 0. The molecular weight excluding hydrogens is 741 g/mol. The molecule has 3 heteroatoms. The van der Waals surface area contributed by atoms with E-state index in [9.17, 15) is 6.85 Å². The molecule has 61 heavy (non-hydrogen) atoms. The van der Waals surface area contributed by atoms with E-state index in [1.165, 1.54) is 0 Å². The zero-order chi connectivity index (χ0) is 51.6. The van der Waals surface area contributed by atoms with Gasteiger partial charge in [-0.05, 0) is 88.2 Å². The summed E-state index contributed by atoms with van der Waals surface area (Å²) in [5.41, 5.74) is 6.15. The van der Waals surface area contributed by atoms with Crippen molar-refractivity contribution in [2.24, 2.45) is 0 Å². The van der Waals surface area contributed by atoms with Crippen LogP contribution in [0.2, 0.25) is 0 Å². The van der Waals surface area contributed by atoms with Crippen LogP contribution in [0.5, 0.6) is 0 Å². The number of para-hydroxylation sites is 4. The predicted octanol–water partition coefficient (Wildman–Crippen LogP) is 16.3. The first-order valence-electron chi connectivity index (χ1n) is 26.3. The van der Waals surface area contributed by atoms with Gasteiger partial charge >= 0.3 is 0 Å². The molecule has 10 aromatic carbocycles. The highest BCUT2D eigenvalue weighted by atomic mass is 16.3. The fraction of sp³-hybridized carbons (Fsp3) is 0. The number of furan rings is 1. The molecule has 0 N–H and O–H groups in total. The molecule has 12 rings (SSSR count). The van der Waals surface area contributed by atoms with Gasteiger partial charge in [0.15, 0.2) is 0 Å². The van der Waals surface area contributed by atoms with Gasteiger partial charge in [-0.3, -0.25) is 0 Å². The SMILES string of the molecule is [2H]c1c([2H])c(N(c2ccc(-c3ccccc3)cc2)c2ccc(-c3ccccc3-n3c4ccccc4c4ccccc43)cc2)c([2H])c([2H])c1-c1c([2H])c([2H])c([2H])c2c1oc1c3c([2H])c([2H])c([2H])c([2H])c3c([2H])c([2H])c12. The van der Waals surface area contributed by atoms with Crippen molar-refractivity contribution in [3.63, 3.8) is 0 Å². The van der Waals surface area contributed by atoms with Crippen molar-refractivity contribution in [3.05, 3.63) is 230 Å². The molecule has 0 saturated carbocycles. The van der Waals surface area contributed by atoms with E-state index in [-0.39, 0.29) is 44.0 Å². The number of rotatable bonds is 7. The van der Waals surface area contributed by atoms with Gasteiger partial charge in [0.25, 0.3) is 0 Å². The second kappa shape index (κ2) is 14.3. The molecule has 12 aromatic rings. The summed E-state index contributed by atoms with van der Waals surface area (Å²) >= 11 is 0. The van der Waals surface area contributed by atoms with Gasteiger partial charge in [-0.2, -0.15) is 0 Å². The minimum atomic E-state index is -0.683. The van der Waals surface area contributed by atoms with Crippen molar-refractivity contribution in [2.75, 3.05) is 4.90 Å². The first-order valence-corrected chi connectivity index (χ1v) is 19.8. The zero-order valence-electron chi connectivity index (χ0n) is 45.2. The van der Waals surface area contributed by atoms with Gasteiger partial charge in [0.05, 0.1) is 34.5 Å². The number of fused-ring (bicyclic) bond motifs is 8. The van der Waals surface area contributed by atoms with Crippen molar-refractivity contribution >= 4 is 71.6 Å². The first-order chi connectivity index (χ1) is 35.7. The average Bonchev–Trinajstić information content (AvgIpc) is 4.01. The maximum Gasteiger partial charge on any atom is 0.143 e. The van der Waals surface area contributed by atoms with Crippen LogP contribution in [-0.2, 0) is 0 Å². The van der Waals surface area contributed by atoms with Gasteiger partial charge in [0.2, 0.25) is 0 Å². The van der Waals surface area contributed by atoms with Crippen molar-refractivity contribution in [1.29, 1.82) is 0 Å². The van der Waals surface area contributed by atoms with Crippen molar-refractivity contribution < 1.29 is 22.2 Å². The van der Waals surface area contributed by atoms with Gasteiger partial charge in [-0.25, -0.2) is 0 Å². The summed E-state index contributed by atoms with van der Waals surface area (Å²) in [4.78, 5) is 1.64. The minimum Gasteiger partial charge on any atom is -0.455 e. The van der Waals surface area contributed by atoms with E-state index in [1.54, 1.807) is 4.90 Å². The predicted molar refractivity (Wildman–Crippen MR) is 257 cm³/mol. The lowest BCUT2D eigenvalue weighted by Gasteiger charge is -2.26. The maximum atomic E-state index is 9.74. The Bertz CT molecular complexity index is 4260. The minimum absolute atomic E-state index is 0.125. The lowest BCUT2D eigenvalue weighted by molar-refractivity contribution is 0.674. The van der Waals surface area contributed by atoms with Gasteiger partial charge in [0, 0.05) is 55.1 Å². The lowest BCUT2D eigenvalue weighted by Crippen LogP contribution is -2.09. The number of nitrogens with zero attached hydrogens (tertiary/aromatic N) is 2. The number of benzene rings is 10. The molecule has 0 bridgehead atoms. The maximum absolute atomic E-state index is 9.74. The zero-order valence-corrected chi connectivity index (χ0v) is 32.2. The van der Waals surface area contributed by atoms with Crippen LogP contribution >= 0.6 is 0 Å². The summed E-state index contributed by atoms with van der Waals surface area (Å²) in [7, 11) is 0. The third-order valence-electron chi connectivity index (χ3n) is 11.2. The van der Waals surface area contributed by atoms with E-state index in [2.05, 4.69) is 41.0 Å². The van der Waals surface area contributed by atoms with Crippen LogP contribution in [0.15, 0.2) is 235 Å². The number of aromatic nitrogens is 1. The Morgan fingerprint density at radius 2 is 0.951 bits per heavy atom. The van der Waals surface area contributed by atoms with Gasteiger partial charge < -0.3 is 13.9 Å². The number of anilines is 3. The van der Waals surface area contributed by atoms with Crippen LogP contribution in [0.3, 0.4) is 0 Å². The molecule has 0 atom stereocenters. The van der Waals surface area contributed by atoms with E-state index in [0.29, 0.717) is 11.4 Å². The molecule has 0 amide bonds. The highest BCUT2D eigenvalue weighted by Gasteiger charge is 2.19. The Labute approximate surface area is 371 Å². The Hall–Kier alpha value is -8.14. The van der Waals surface area contributed by atoms with E-state index >= 15 is 0 Å². The highest BCUT2D eigenvalue weighted by molar-refractivity contribution is 6.17. The van der Waals surface area contributed by atoms with Crippen molar-refractivity contribution in [3.8, 4) is 39.1 Å². The summed E-state index contributed by atoms with van der Waals surface area (Å²) in [6.45, 7) is 0. The molecule has 0 spiro atoms. The molecule has 0 unspecified atom stereocenters. The van der Waals surface area contributed by atoms with E-state index in [0.717, 1.165) is 49.7 Å². The molecule has 0 saturated heterocycles. The van der Waals surface area contributed by atoms with Crippen LogP contribution in [0.4, 0.5) is 17.1 Å². The third-order valence-corrected chi connectivity index (χ3v) is 11.2. The molecular formula is C58H38N2O. The summed E-state index contributed by atoms with van der Waals surface area (Å²) in [5.74, 6) is 0. The van der Waals surface area contributed by atoms with Crippen LogP contribution in [-0.4, -0.2) is 4.57 Å². The normalized spacial score (nSPS) is 14.6. The molecule has 2 heterocycles. The standard InChI is InChI=1S/C58H38N2O/c1-2-13-39(14-3-1)40-25-32-44(33-26-40)59(46-36-29-43(30-37-46)49-20-12-21-52-53-38-31-41-15-4-5-17-48(41)58(53)61-57(49)52)45-34-27-42(28-35-45)47-16-6-9-22-54(47)60-55-23-10-7-18-50(55)51-19-8-11-24-56(51)60/h1-38H/i4D,5D,12D,15D,17D,20D,21D,29D,30D,31D,36D,37D,38D. The van der Waals surface area contributed by atoms with Crippen molar-refractivity contribution in [2.45, 2.75) is 0 Å². The largest absolute Gasteiger partial charge is 0.455 e. The second-order valence-corrected chi connectivity index (χ2v) is 14.7. The molecule has 286 valence electrons. The second-order valence-electron chi connectivity index (χ2n) is 14.7. The topological polar surface area (TPSA) is 21.3 Å². The fourth-order valence-electron chi connectivity index (χ4n) is 8.38. The Kier molecular flexibility index (Phi) is 5.64. The van der Waals surface area contributed by atoms with E-state index in [4.69, 9.17) is 15.4 Å². The van der Waals surface area contributed by atoms with Crippen LogP contribution in [0, 0.1) is 0 Å². The van der Waals surface area contributed by atoms with Gasteiger partial charge in [0.1, 0.15) is 11.2 Å². The Balaban J connectivity index is 1.06. The summed E-state index contributed by atoms with van der Waals surface area (Å²) in [5, 5.41) is 1.23. The van der Waals surface area contributed by atoms with E-state index in [1.807, 2.05) is 115 Å². The molecule has 0 fully saturated rings.